The highest BCUT2D eigenvalue weighted by Gasteiger charge is 2.33. The van der Waals surface area contributed by atoms with Crippen molar-refractivity contribution >= 4 is 32.6 Å². The quantitative estimate of drug-likeness (QED) is 0.855. The Balaban J connectivity index is 1.65. The molecule has 23 heavy (non-hydrogen) atoms. The third-order valence-electron chi connectivity index (χ3n) is 4.70. The van der Waals surface area contributed by atoms with Gasteiger partial charge in [-0.2, -0.15) is 0 Å². The van der Waals surface area contributed by atoms with Gasteiger partial charge in [0.05, 0.1) is 22.9 Å². The van der Waals surface area contributed by atoms with Crippen LogP contribution in [0, 0.1) is 11.7 Å². The first-order chi connectivity index (χ1) is 11.2. The van der Waals surface area contributed by atoms with E-state index in [-0.39, 0.29) is 23.7 Å². The van der Waals surface area contributed by atoms with E-state index < -0.39 is 0 Å². The van der Waals surface area contributed by atoms with Crippen molar-refractivity contribution in [2.45, 2.75) is 38.2 Å². The third kappa shape index (κ3) is 2.97. The predicted octanol–water partition coefficient (Wildman–Crippen LogP) is 3.75. The molecule has 2 fully saturated rings. The van der Waals surface area contributed by atoms with Crippen LogP contribution in [-0.2, 0) is 9.53 Å². The number of rotatable bonds is 4. The zero-order valence-electron chi connectivity index (χ0n) is 12.8. The number of amides is 1. The van der Waals surface area contributed by atoms with Crippen molar-refractivity contribution in [2.24, 2.45) is 5.92 Å². The van der Waals surface area contributed by atoms with Crippen LogP contribution in [0.4, 0.5) is 9.52 Å². The van der Waals surface area contributed by atoms with Crippen molar-refractivity contribution in [1.29, 1.82) is 0 Å². The summed E-state index contributed by atoms with van der Waals surface area (Å²) >= 11 is 1.38. The largest absolute Gasteiger partial charge is 0.376 e. The lowest BCUT2D eigenvalue weighted by molar-refractivity contribution is -0.125. The highest BCUT2D eigenvalue weighted by Crippen LogP contribution is 2.34. The molecular formula is C17H19FN2O2S. The number of aromatic nitrogens is 1. The summed E-state index contributed by atoms with van der Waals surface area (Å²) < 4.78 is 19.9. The molecule has 2 heterocycles. The van der Waals surface area contributed by atoms with Crippen LogP contribution < -0.4 is 4.90 Å². The Morgan fingerprint density at radius 3 is 2.91 bits per heavy atom. The maximum Gasteiger partial charge on any atom is 0.231 e. The van der Waals surface area contributed by atoms with Gasteiger partial charge in [0.2, 0.25) is 5.91 Å². The number of benzene rings is 1. The van der Waals surface area contributed by atoms with Crippen LogP contribution in [0.25, 0.3) is 10.2 Å². The molecule has 6 heteroatoms. The molecule has 0 spiro atoms. The SMILES string of the molecule is O=C(C1CCC1)N(CC1CCCO1)c1nc2ccc(F)cc2s1. The lowest BCUT2D eigenvalue weighted by Crippen LogP contribution is -2.43. The Morgan fingerprint density at radius 1 is 1.35 bits per heavy atom. The molecule has 0 N–H and O–H groups in total. The van der Waals surface area contributed by atoms with Crippen LogP contribution in [0.5, 0.6) is 0 Å². The molecule has 1 unspecified atom stereocenters. The van der Waals surface area contributed by atoms with Gasteiger partial charge in [-0.25, -0.2) is 9.37 Å². The average Bonchev–Trinajstić information content (AvgIpc) is 3.11. The second kappa shape index (κ2) is 6.17. The summed E-state index contributed by atoms with van der Waals surface area (Å²) in [4.78, 5) is 19.2. The standard InChI is InChI=1S/C17H19FN2O2S/c18-12-6-7-14-15(9-12)23-17(19-14)20(10-13-5-2-8-22-13)16(21)11-3-1-4-11/h6-7,9,11,13H,1-5,8,10H2. The summed E-state index contributed by atoms with van der Waals surface area (Å²) in [6.07, 6.45) is 5.15. The van der Waals surface area contributed by atoms with Crippen LogP contribution in [-0.4, -0.2) is 30.1 Å². The van der Waals surface area contributed by atoms with Gasteiger partial charge in [-0.3, -0.25) is 9.69 Å². The highest BCUT2D eigenvalue weighted by atomic mass is 32.1. The summed E-state index contributed by atoms with van der Waals surface area (Å²) in [7, 11) is 0. The van der Waals surface area contributed by atoms with E-state index in [4.69, 9.17) is 4.74 Å². The first kappa shape index (κ1) is 15.0. The first-order valence-corrected chi connectivity index (χ1v) is 9.01. The van der Waals surface area contributed by atoms with Crippen LogP contribution in [0.2, 0.25) is 0 Å². The van der Waals surface area contributed by atoms with Crippen molar-refractivity contribution in [3.8, 4) is 0 Å². The van der Waals surface area contributed by atoms with Crippen molar-refractivity contribution in [3.63, 3.8) is 0 Å². The van der Waals surface area contributed by atoms with Gasteiger partial charge >= 0.3 is 0 Å². The number of hydrogen-bond acceptors (Lipinski definition) is 4. The Labute approximate surface area is 138 Å². The maximum atomic E-state index is 13.4. The van der Waals surface area contributed by atoms with Gasteiger partial charge in [0.1, 0.15) is 5.82 Å². The molecule has 1 saturated heterocycles. The Kier molecular flexibility index (Phi) is 4.03. The highest BCUT2D eigenvalue weighted by molar-refractivity contribution is 7.22. The number of halogens is 1. The van der Waals surface area contributed by atoms with Gasteiger partial charge in [0.15, 0.2) is 5.13 Å². The number of anilines is 1. The number of fused-ring (bicyclic) bond motifs is 1. The van der Waals surface area contributed by atoms with E-state index in [1.807, 2.05) is 0 Å². The van der Waals surface area contributed by atoms with Crippen molar-refractivity contribution in [1.82, 2.24) is 4.98 Å². The molecule has 1 aliphatic carbocycles. The van der Waals surface area contributed by atoms with Gasteiger partial charge < -0.3 is 4.74 Å². The molecule has 1 amide bonds. The summed E-state index contributed by atoms with van der Waals surface area (Å²) in [6.45, 7) is 1.32. The Hall–Kier alpha value is -1.53. The molecule has 0 radical (unpaired) electrons. The van der Waals surface area contributed by atoms with E-state index in [0.717, 1.165) is 48.9 Å². The van der Waals surface area contributed by atoms with Crippen molar-refractivity contribution in [3.05, 3.63) is 24.0 Å². The smallest absolute Gasteiger partial charge is 0.231 e. The molecule has 0 bridgehead atoms. The number of ether oxygens (including phenoxy) is 1. The van der Waals surface area contributed by atoms with Gasteiger partial charge in [0.25, 0.3) is 0 Å². The average molecular weight is 334 g/mol. The van der Waals surface area contributed by atoms with Gasteiger partial charge in [-0.1, -0.05) is 17.8 Å². The first-order valence-electron chi connectivity index (χ1n) is 8.20. The molecule has 4 nitrogen and oxygen atoms in total. The van der Waals surface area contributed by atoms with E-state index in [2.05, 4.69) is 4.98 Å². The van der Waals surface area contributed by atoms with Crippen LogP contribution in [0.1, 0.15) is 32.1 Å². The van der Waals surface area contributed by atoms with E-state index in [1.165, 1.54) is 23.5 Å². The number of nitrogens with zero attached hydrogens (tertiary/aromatic N) is 2. The van der Waals surface area contributed by atoms with Crippen LogP contribution >= 0.6 is 11.3 Å². The Bertz CT molecular complexity index is 722. The van der Waals surface area contributed by atoms with Gasteiger partial charge in [-0.15, -0.1) is 0 Å². The molecular weight excluding hydrogens is 315 g/mol. The summed E-state index contributed by atoms with van der Waals surface area (Å²) in [5.74, 6) is -0.0184. The van der Waals surface area contributed by atoms with E-state index in [0.29, 0.717) is 11.7 Å². The molecule has 1 aromatic carbocycles. The zero-order valence-corrected chi connectivity index (χ0v) is 13.7. The summed E-state index contributed by atoms with van der Waals surface area (Å²) in [5, 5.41) is 0.665. The lowest BCUT2D eigenvalue weighted by Gasteiger charge is -2.31. The molecule has 2 aromatic rings. The summed E-state index contributed by atoms with van der Waals surface area (Å²) in [5.41, 5.74) is 0.741. The number of thiazole rings is 1. The summed E-state index contributed by atoms with van der Waals surface area (Å²) in [6, 6.07) is 4.56. The van der Waals surface area contributed by atoms with Crippen LogP contribution in [0.15, 0.2) is 18.2 Å². The molecule has 1 atom stereocenters. The lowest BCUT2D eigenvalue weighted by atomic mass is 9.84. The number of hydrogen-bond donors (Lipinski definition) is 0. The van der Waals surface area contributed by atoms with E-state index in [9.17, 15) is 9.18 Å². The number of carbonyl (C=O) groups is 1. The molecule has 1 saturated carbocycles. The third-order valence-corrected chi connectivity index (χ3v) is 5.74. The van der Waals surface area contributed by atoms with Crippen molar-refractivity contribution < 1.29 is 13.9 Å². The van der Waals surface area contributed by atoms with Gasteiger partial charge in [-0.05, 0) is 43.9 Å². The van der Waals surface area contributed by atoms with Gasteiger partial charge in [0, 0.05) is 12.5 Å². The molecule has 2 aliphatic rings. The second-order valence-corrected chi connectivity index (χ2v) is 7.33. The minimum Gasteiger partial charge on any atom is -0.376 e. The van der Waals surface area contributed by atoms with E-state index in [1.54, 1.807) is 11.0 Å². The Morgan fingerprint density at radius 2 is 2.22 bits per heavy atom. The fourth-order valence-electron chi connectivity index (χ4n) is 3.13. The minimum atomic E-state index is -0.274. The van der Waals surface area contributed by atoms with E-state index >= 15 is 0 Å². The van der Waals surface area contributed by atoms with Crippen molar-refractivity contribution in [2.75, 3.05) is 18.1 Å². The zero-order chi connectivity index (χ0) is 15.8. The fourth-order valence-corrected chi connectivity index (χ4v) is 4.14. The molecule has 1 aliphatic heterocycles. The maximum absolute atomic E-state index is 13.4. The van der Waals surface area contributed by atoms with Crippen LogP contribution in [0.3, 0.4) is 0 Å². The predicted molar refractivity (Wildman–Crippen MR) is 88.2 cm³/mol. The monoisotopic (exact) mass is 334 g/mol. The molecule has 4 rings (SSSR count). The fraction of sp³-hybridized carbons (Fsp3) is 0.529. The number of carbonyl (C=O) groups excluding carboxylic acids is 1. The normalized spacial score (nSPS) is 21.5. The topological polar surface area (TPSA) is 42.4 Å². The second-order valence-electron chi connectivity index (χ2n) is 6.32. The molecule has 122 valence electrons. The minimum absolute atomic E-state index is 0.0859. The molecule has 1 aromatic heterocycles.